The quantitative estimate of drug-likeness (QED) is 0.227. The molecule has 0 saturated carbocycles. The van der Waals surface area contributed by atoms with Crippen LogP contribution >= 0.6 is 24.0 Å². The van der Waals surface area contributed by atoms with Crippen molar-refractivity contribution >= 4 is 45.6 Å². The van der Waals surface area contributed by atoms with Crippen LogP contribution in [-0.4, -0.2) is 65.7 Å². The lowest BCUT2D eigenvalue weighted by atomic mass is 10.4. The molecule has 0 unspecified atom stereocenters. The molecule has 0 aliphatic heterocycles. The van der Waals surface area contributed by atoms with Crippen LogP contribution in [-0.2, 0) is 16.6 Å². The van der Waals surface area contributed by atoms with Gasteiger partial charge in [0.25, 0.3) is 0 Å². The summed E-state index contributed by atoms with van der Waals surface area (Å²) in [4.78, 5) is 4.53. The Hall–Kier alpha value is -1.47. The summed E-state index contributed by atoms with van der Waals surface area (Å²) in [5.74, 6) is 1.54. The van der Waals surface area contributed by atoms with E-state index in [4.69, 9.17) is 0 Å². The Kier molecular flexibility index (Phi) is 9.94. The summed E-state index contributed by atoms with van der Waals surface area (Å²) < 4.78 is 26.7. The fraction of sp³-hybridized carbons (Fsp3) is 0.562. The minimum Gasteiger partial charge on any atom is -0.357 e. The van der Waals surface area contributed by atoms with Gasteiger partial charge in [-0.05, 0) is 32.4 Å². The van der Waals surface area contributed by atoms with E-state index >= 15 is 0 Å². The van der Waals surface area contributed by atoms with Crippen molar-refractivity contribution in [2.75, 3.05) is 32.4 Å². The van der Waals surface area contributed by atoms with E-state index in [1.165, 1.54) is 4.31 Å². The van der Waals surface area contributed by atoms with Gasteiger partial charge in [-0.3, -0.25) is 4.40 Å². The number of aromatic nitrogens is 3. The summed E-state index contributed by atoms with van der Waals surface area (Å²) in [6.45, 7) is 5.86. The molecule has 152 valence electrons. The molecule has 2 rings (SSSR count). The molecule has 0 bridgehead atoms. The predicted octanol–water partition coefficient (Wildman–Crippen LogP) is 1.07. The first-order valence-electron chi connectivity index (χ1n) is 8.72. The fourth-order valence-electron chi connectivity index (χ4n) is 2.36. The highest BCUT2D eigenvalue weighted by molar-refractivity contribution is 14.0. The monoisotopic (exact) mass is 509 g/mol. The molecule has 27 heavy (non-hydrogen) atoms. The van der Waals surface area contributed by atoms with Gasteiger partial charge in [-0.25, -0.2) is 17.7 Å². The van der Waals surface area contributed by atoms with E-state index in [9.17, 15) is 8.42 Å². The van der Waals surface area contributed by atoms with Crippen molar-refractivity contribution in [1.82, 2.24) is 29.5 Å². The summed E-state index contributed by atoms with van der Waals surface area (Å²) in [7, 11) is -1.52. The zero-order chi connectivity index (χ0) is 19.0. The van der Waals surface area contributed by atoms with E-state index in [1.807, 2.05) is 35.7 Å². The van der Waals surface area contributed by atoms with Crippen molar-refractivity contribution in [3.8, 4) is 0 Å². The second kappa shape index (κ2) is 11.4. The topological polar surface area (TPSA) is 104 Å². The maximum Gasteiger partial charge on any atom is 0.213 e. The third-order valence-corrected chi connectivity index (χ3v) is 5.75. The molecule has 0 aliphatic carbocycles. The number of pyridine rings is 1. The molecule has 2 N–H and O–H groups in total. The average molecular weight is 509 g/mol. The van der Waals surface area contributed by atoms with Gasteiger partial charge in [0.2, 0.25) is 10.0 Å². The Labute approximate surface area is 177 Å². The Morgan fingerprint density at radius 3 is 2.74 bits per heavy atom. The zero-order valence-electron chi connectivity index (χ0n) is 15.9. The first-order chi connectivity index (χ1) is 12.5. The first kappa shape index (κ1) is 23.6. The van der Waals surface area contributed by atoms with Crippen LogP contribution in [0.5, 0.6) is 0 Å². The molecule has 9 nitrogen and oxygen atoms in total. The molecule has 0 radical (unpaired) electrons. The molecule has 0 spiro atoms. The summed E-state index contributed by atoms with van der Waals surface area (Å²) in [5.41, 5.74) is 0.788. The molecule has 2 heterocycles. The Balaban J connectivity index is 0.00000364. The highest BCUT2D eigenvalue weighted by atomic mass is 127. The van der Waals surface area contributed by atoms with Crippen LogP contribution in [0.25, 0.3) is 5.65 Å². The molecule has 0 aromatic carbocycles. The second-order valence-corrected chi connectivity index (χ2v) is 8.11. The lowest BCUT2D eigenvalue weighted by Crippen LogP contribution is -2.39. The predicted molar refractivity (Wildman–Crippen MR) is 118 cm³/mol. The third kappa shape index (κ3) is 6.88. The van der Waals surface area contributed by atoms with Crippen molar-refractivity contribution in [3.05, 3.63) is 30.2 Å². The molecule has 11 heteroatoms. The Morgan fingerprint density at radius 1 is 1.26 bits per heavy atom. The minimum atomic E-state index is -3.13. The first-order valence-corrected chi connectivity index (χ1v) is 10.3. The lowest BCUT2D eigenvalue weighted by Gasteiger charge is -2.16. The molecule has 0 aliphatic rings. The van der Waals surface area contributed by atoms with Crippen molar-refractivity contribution in [2.45, 2.75) is 26.8 Å². The average Bonchev–Trinajstić information content (AvgIpc) is 3.06. The smallest absolute Gasteiger partial charge is 0.213 e. The zero-order valence-corrected chi connectivity index (χ0v) is 19.1. The standard InChI is InChI=1S/C16H27N7O2S.HI/c1-4-17-16(18-10-8-11-22(3)26(24,25)5-2)19-13-15-21-20-14-9-6-7-12-23(14)15;/h6-7,9,12H,4-5,8,10-11,13H2,1-3H3,(H2,17,18,19);1H. The van der Waals surface area contributed by atoms with Crippen LogP contribution in [0.1, 0.15) is 26.1 Å². The number of rotatable bonds is 9. The van der Waals surface area contributed by atoms with Crippen LogP contribution in [0.3, 0.4) is 0 Å². The summed E-state index contributed by atoms with van der Waals surface area (Å²) in [5, 5.41) is 14.7. The molecule has 0 atom stereocenters. The van der Waals surface area contributed by atoms with Gasteiger partial charge in [0.15, 0.2) is 17.4 Å². The number of nitrogens with zero attached hydrogens (tertiary/aromatic N) is 5. The van der Waals surface area contributed by atoms with Crippen LogP contribution in [0, 0.1) is 0 Å². The van der Waals surface area contributed by atoms with Gasteiger partial charge in [0, 0.05) is 32.9 Å². The largest absolute Gasteiger partial charge is 0.357 e. The summed E-state index contributed by atoms with van der Waals surface area (Å²) in [6, 6.07) is 5.73. The molecule has 0 saturated heterocycles. The van der Waals surface area contributed by atoms with Gasteiger partial charge >= 0.3 is 0 Å². The van der Waals surface area contributed by atoms with E-state index in [0.717, 1.165) is 18.0 Å². The number of nitrogens with one attached hydrogen (secondary N) is 2. The van der Waals surface area contributed by atoms with Crippen LogP contribution < -0.4 is 10.6 Å². The van der Waals surface area contributed by atoms with Crippen molar-refractivity contribution in [1.29, 1.82) is 0 Å². The Morgan fingerprint density at radius 2 is 2.04 bits per heavy atom. The molecule has 0 fully saturated rings. The number of halogens is 1. The number of sulfonamides is 1. The Bertz CT molecular complexity index is 838. The number of aliphatic imine (C=N–C) groups is 1. The van der Waals surface area contributed by atoms with E-state index in [-0.39, 0.29) is 29.7 Å². The van der Waals surface area contributed by atoms with Gasteiger partial charge in [0.05, 0.1) is 5.75 Å². The summed E-state index contributed by atoms with van der Waals surface area (Å²) in [6.07, 6.45) is 2.60. The molecule has 2 aromatic rings. The van der Waals surface area contributed by atoms with Crippen LogP contribution in [0.15, 0.2) is 29.4 Å². The van der Waals surface area contributed by atoms with Crippen LogP contribution in [0.2, 0.25) is 0 Å². The van der Waals surface area contributed by atoms with Gasteiger partial charge < -0.3 is 10.6 Å². The van der Waals surface area contributed by atoms with Gasteiger partial charge in [-0.2, -0.15) is 0 Å². The maximum atomic E-state index is 11.7. The van der Waals surface area contributed by atoms with Crippen molar-refractivity contribution in [2.24, 2.45) is 4.99 Å². The number of guanidine groups is 1. The van der Waals surface area contributed by atoms with Crippen LogP contribution in [0.4, 0.5) is 0 Å². The number of hydrogen-bond acceptors (Lipinski definition) is 5. The third-order valence-electron chi connectivity index (χ3n) is 3.89. The van der Waals surface area contributed by atoms with Crippen molar-refractivity contribution in [3.63, 3.8) is 0 Å². The summed E-state index contributed by atoms with van der Waals surface area (Å²) >= 11 is 0. The molecular weight excluding hydrogens is 481 g/mol. The van der Waals surface area contributed by atoms with Gasteiger partial charge in [0.1, 0.15) is 6.54 Å². The number of fused-ring (bicyclic) bond motifs is 1. The fourth-order valence-corrected chi connectivity index (χ4v) is 3.21. The highest BCUT2D eigenvalue weighted by Crippen LogP contribution is 2.03. The SMILES string of the molecule is CCNC(=NCc1nnc2ccccn12)NCCCN(C)S(=O)(=O)CC.I. The van der Waals surface area contributed by atoms with E-state index in [0.29, 0.717) is 32.0 Å². The van der Waals surface area contributed by atoms with Gasteiger partial charge in [-0.15, -0.1) is 34.2 Å². The maximum absolute atomic E-state index is 11.7. The second-order valence-electron chi connectivity index (χ2n) is 5.74. The minimum absolute atomic E-state index is 0. The van der Waals surface area contributed by atoms with E-state index in [1.54, 1.807) is 14.0 Å². The van der Waals surface area contributed by atoms with E-state index in [2.05, 4.69) is 25.8 Å². The molecule has 2 aromatic heterocycles. The molecule has 0 amide bonds. The highest BCUT2D eigenvalue weighted by Gasteiger charge is 2.14. The van der Waals surface area contributed by atoms with Crippen molar-refractivity contribution < 1.29 is 8.42 Å². The van der Waals surface area contributed by atoms with Gasteiger partial charge in [-0.1, -0.05) is 6.07 Å². The normalized spacial score (nSPS) is 12.2. The number of hydrogen-bond donors (Lipinski definition) is 2. The van der Waals surface area contributed by atoms with E-state index < -0.39 is 10.0 Å². The molecular formula is C16H28IN7O2S. The lowest BCUT2D eigenvalue weighted by molar-refractivity contribution is 0.461.